The number of nitrogens with zero attached hydrogens (tertiary/aromatic N) is 1. The van der Waals surface area contributed by atoms with Crippen molar-refractivity contribution < 1.29 is 32.1 Å². The highest BCUT2D eigenvalue weighted by Gasteiger charge is 2.21. The second kappa shape index (κ2) is 14.1. The molecule has 7 nitrogen and oxygen atoms in total. The van der Waals surface area contributed by atoms with E-state index in [0.29, 0.717) is 29.2 Å². The summed E-state index contributed by atoms with van der Waals surface area (Å²) in [6.07, 6.45) is 3.37. The highest BCUT2D eigenvalue weighted by molar-refractivity contribution is 7.85. The van der Waals surface area contributed by atoms with Crippen molar-refractivity contribution >= 4 is 16.1 Å². The maximum Gasteiger partial charge on any atom is 0.338 e. The zero-order valence-electron chi connectivity index (χ0n) is 23.3. The lowest BCUT2D eigenvalue weighted by Gasteiger charge is -2.24. The summed E-state index contributed by atoms with van der Waals surface area (Å²) in [5.74, 6) is -0.0178. The molecule has 3 rings (SSSR count). The number of carbonyl (C=O) groups is 1. The third-order valence-corrected chi connectivity index (χ3v) is 6.83. The molecule has 1 heterocycles. The maximum absolute atomic E-state index is 11.8. The van der Waals surface area contributed by atoms with Crippen LogP contribution in [0, 0.1) is 0 Å². The van der Waals surface area contributed by atoms with E-state index in [1.807, 2.05) is 77.1 Å². The first kappa shape index (κ1) is 31.0. The molecule has 0 atom stereocenters. The van der Waals surface area contributed by atoms with Gasteiger partial charge < -0.3 is 9.29 Å². The molecule has 0 radical (unpaired) electrons. The molecule has 206 valence electrons. The largest absolute Gasteiger partial charge is 0.744 e. The van der Waals surface area contributed by atoms with Crippen molar-refractivity contribution in [2.75, 3.05) is 6.61 Å². The molecule has 3 aromatic rings. The van der Waals surface area contributed by atoms with E-state index in [-0.39, 0.29) is 29.3 Å². The average Bonchev–Trinajstić information content (AvgIpc) is 2.87. The standard InChI is InChI=1S/C15H16NO3.C15H24O3S/c1-2-19-16-10-8-14(9-11-16)15(17)18-12-13-6-4-3-5-7-13;1-9(2)12-7-13(10(3)4)15(19(16,17)18)14(8-12)11(5)6/h3-11H,2,12H2,1H3;7-11H,1-6H3,(H,16,17,18)/q+1;/p-1. The highest BCUT2D eigenvalue weighted by Crippen LogP contribution is 2.34. The van der Waals surface area contributed by atoms with Crippen molar-refractivity contribution in [1.29, 1.82) is 0 Å². The molecule has 2 aromatic carbocycles. The minimum Gasteiger partial charge on any atom is -0.744 e. The van der Waals surface area contributed by atoms with Gasteiger partial charge in [-0.05, 0) is 46.9 Å². The first-order chi connectivity index (χ1) is 17.8. The van der Waals surface area contributed by atoms with Gasteiger partial charge in [-0.15, -0.1) is 0 Å². The van der Waals surface area contributed by atoms with Crippen LogP contribution >= 0.6 is 0 Å². The molecular formula is C30H39NO6S. The Morgan fingerprint density at radius 3 is 1.82 bits per heavy atom. The molecule has 0 spiro atoms. The minimum atomic E-state index is -4.45. The van der Waals surface area contributed by atoms with E-state index in [0.717, 1.165) is 11.1 Å². The highest BCUT2D eigenvalue weighted by atomic mass is 32.2. The van der Waals surface area contributed by atoms with Crippen LogP contribution in [0.25, 0.3) is 0 Å². The van der Waals surface area contributed by atoms with Gasteiger partial charge in [-0.3, -0.25) is 4.84 Å². The lowest BCUT2D eigenvalue weighted by atomic mass is 9.89. The maximum atomic E-state index is 11.8. The van der Waals surface area contributed by atoms with Crippen LogP contribution in [0.2, 0.25) is 0 Å². The molecule has 38 heavy (non-hydrogen) atoms. The van der Waals surface area contributed by atoms with Gasteiger partial charge in [0.2, 0.25) is 12.4 Å². The van der Waals surface area contributed by atoms with Crippen molar-refractivity contribution in [3.63, 3.8) is 0 Å². The van der Waals surface area contributed by atoms with E-state index in [2.05, 4.69) is 13.8 Å². The lowest BCUT2D eigenvalue weighted by Crippen LogP contribution is -2.41. The minimum absolute atomic E-state index is 0.00919. The molecule has 1 aromatic heterocycles. The number of carbonyl (C=O) groups excluding carboxylic acids is 1. The van der Waals surface area contributed by atoms with E-state index < -0.39 is 10.1 Å². The fourth-order valence-electron chi connectivity index (χ4n) is 3.77. The van der Waals surface area contributed by atoms with Crippen LogP contribution in [-0.4, -0.2) is 25.5 Å². The number of rotatable bonds is 9. The van der Waals surface area contributed by atoms with Gasteiger partial charge in [-0.1, -0.05) is 84.0 Å². The number of hydrogen-bond acceptors (Lipinski definition) is 6. The average molecular weight is 542 g/mol. The summed E-state index contributed by atoms with van der Waals surface area (Å²) in [4.78, 5) is 17.0. The van der Waals surface area contributed by atoms with Gasteiger partial charge in [0.15, 0.2) is 6.61 Å². The molecule has 0 N–H and O–H groups in total. The first-order valence-corrected chi connectivity index (χ1v) is 14.2. The van der Waals surface area contributed by atoms with Gasteiger partial charge in [-0.2, -0.15) is 0 Å². The molecule has 8 heteroatoms. The van der Waals surface area contributed by atoms with E-state index in [9.17, 15) is 17.8 Å². The van der Waals surface area contributed by atoms with Gasteiger partial charge in [0.05, 0.1) is 10.5 Å². The van der Waals surface area contributed by atoms with E-state index in [4.69, 9.17) is 9.57 Å². The quantitative estimate of drug-likeness (QED) is 0.195. The summed E-state index contributed by atoms with van der Waals surface area (Å²) >= 11 is 0. The number of aromatic nitrogens is 1. The van der Waals surface area contributed by atoms with Gasteiger partial charge in [0, 0.05) is 16.9 Å². The van der Waals surface area contributed by atoms with E-state index in [1.165, 1.54) is 0 Å². The van der Waals surface area contributed by atoms with Crippen LogP contribution < -0.4 is 9.57 Å². The molecule has 0 fully saturated rings. The summed E-state index contributed by atoms with van der Waals surface area (Å²) in [7, 11) is -4.45. The first-order valence-electron chi connectivity index (χ1n) is 12.8. The molecule has 0 aliphatic carbocycles. The van der Waals surface area contributed by atoms with Crippen LogP contribution in [0.1, 0.15) is 98.8 Å². The Bertz CT molecular complexity index is 1260. The molecule has 0 aliphatic rings. The number of pyridine rings is 1. The summed E-state index contributed by atoms with van der Waals surface area (Å²) in [6, 6.07) is 16.7. The van der Waals surface area contributed by atoms with Gasteiger partial charge in [-0.25, -0.2) is 13.2 Å². The normalized spacial score (nSPS) is 11.3. The number of benzene rings is 2. The molecule has 0 saturated heterocycles. The van der Waals surface area contributed by atoms with E-state index in [1.54, 1.807) is 29.3 Å². The van der Waals surface area contributed by atoms with E-state index >= 15 is 0 Å². The zero-order valence-corrected chi connectivity index (χ0v) is 24.1. The van der Waals surface area contributed by atoms with Crippen LogP contribution in [0.4, 0.5) is 0 Å². The molecular weight excluding hydrogens is 502 g/mol. The number of hydrogen-bond donors (Lipinski definition) is 0. The van der Waals surface area contributed by atoms with Crippen molar-refractivity contribution in [1.82, 2.24) is 0 Å². The fourth-order valence-corrected chi connectivity index (χ4v) is 4.94. The summed E-state index contributed by atoms with van der Waals surface area (Å²) in [5, 5.41) is 0. The van der Waals surface area contributed by atoms with Crippen LogP contribution in [0.5, 0.6) is 0 Å². The Morgan fingerprint density at radius 2 is 1.39 bits per heavy atom. The van der Waals surface area contributed by atoms with Crippen molar-refractivity contribution in [3.8, 4) is 0 Å². The Balaban J connectivity index is 0.000000267. The van der Waals surface area contributed by atoms with Crippen molar-refractivity contribution in [2.24, 2.45) is 0 Å². The summed E-state index contributed by atoms with van der Waals surface area (Å²) in [6.45, 7) is 14.5. The second-order valence-electron chi connectivity index (χ2n) is 9.87. The molecule has 0 saturated carbocycles. The second-order valence-corrected chi connectivity index (χ2v) is 11.2. The molecule has 0 aliphatic heterocycles. The van der Waals surface area contributed by atoms with Crippen molar-refractivity contribution in [2.45, 2.75) is 77.7 Å². The monoisotopic (exact) mass is 541 g/mol. The smallest absolute Gasteiger partial charge is 0.338 e. The van der Waals surface area contributed by atoms with Crippen LogP contribution in [0.3, 0.4) is 0 Å². The van der Waals surface area contributed by atoms with Crippen LogP contribution in [-0.2, 0) is 21.5 Å². The predicted molar refractivity (Wildman–Crippen MR) is 146 cm³/mol. The Kier molecular flexibility index (Phi) is 11.5. The Morgan fingerprint density at radius 1 is 0.868 bits per heavy atom. The third kappa shape index (κ3) is 8.96. The van der Waals surface area contributed by atoms with Gasteiger partial charge >= 0.3 is 5.97 Å². The number of esters is 1. The summed E-state index contributed by atoms with van der Waals surface area (Å²) in [5.41, 5.74) is 3.85. The Hall–Kier alpha value is -3.23. The number of ether oxygens (including phenoxy) is 1. The molecule has 0 amide bonds. The van der Waals surface area contributed by atoms with Gasteiger partial charge in [0.1, 0.15) is 16.7 Å². The van der Waals surface area contributed by atoms with Gasteiger partial charge in [0.25, 0.3) is 0 Å². The Labute approximate surface area is 227 Å². The zero-order chi connectivity index (χ0) is 28.5. The van der Waals surface area contributed by atoms with Crippen LogP contribution in [0.15, 0.2) is 71.9 Å². The molecule has 0 unspecified atom stereocenters. The predicted octanol–water partition coefficient (Wildman–Crippen LogP) is 5.74. The topological polar surface area (TPSA) is 96.6 Å². The van der Waals surface area contributed by atoms with Crippen molar-refractivity contribution in [3.05, 3.63) is 94.8 Å². The lowest BCUT2D eigenvalue weighted by molar-refractivity contribution is -0.891. The molecule has 0 bridgehead atoms. The summed E-state index contributed by atoms with van der Waals surface area (Å²) < 4.78 is 41.6. The SMILES string of the molecule is CC(C)c1cc(C(C)C)c(S(=O)(=O)[O-])c(C(C)C)c1.CCO[n+]1ccc(C(=O)OCc2ccccc2)cc1. The third-order valence-electron chi connectivity index (χ3n) is 5.86. The fraction of sp³-hybridized carbons (Fsp3) is 0.400.